The fraction of sp³-hybridized carbons (Fsp3) is 0.316. The van der Waals surface area contributed by atoms with Crippen molar-refractivity contribution in [3.8, 4) is 0 Å². The van der Waals surface area contributed by atoms with Crippen LogP contribution in [-0.4, -0.2) is 34.8 Å². The van der Waals surface area contributed by atoms with E-state index in [4.69, 9.17) is 4.42 Å². The van der Waals surface area contributed by atoms with Gasteiger partial charge in [-0.2, -0.15) is 0 Å². The molecule has 0 spiro atoms. The zero-order valence-electron chi connectivity index (χ0n) is 14.4. The molecule has 1 aliphatic rings. The number of hydrogen-bond acceptors (Lipinski definition) is 5. The number of rotatable bonds is 3. The lowest BCUT2D eigenvalue weighted by Crippen LogP contribution is -2.43. The minimum Gasteiger partial charge on any atom is -0.472 e. The minimum absolute atomic E-state index is 0.0774. The molecule has 3 heterocycles. The fourth-order valence-electron chi connectivity index (χ4n) is 3.29. The van der Waals surface area contributed by atoms with Gasteiger partial charge in [0.2, 0.25) is 5.91 Å². The Morgan fingerprint density at radius 3 is 3.00 bits per heavy atom. The maximum Gasteiger partial charge on any atom is 0.257 e. The number of fused-ring (bicyclic) bond motifs is 1. The van der Waals surface area contributed by atoms with E-state index in [0.717, 1.165) is 28.6 Å². The second-order valence-corrected chi connectivity index (χ2v) is 7.56. The molecule has 134 valence electrons. The number of benzene rings is 1. The minimum atomic E-state index is -0.229. The average Bonchev–Trinajstić information content (AvgIpc) is 3.31. The number of nitrogens with zero attached hydrogens (tertiary/aromatic N) is 2. The number of furan rings is 1. The maximum absolute atomic E-state index is 12.7. The Bertz CT molecular complexity index is 948. The van der Waals surface area contributed by atoms with E-state index in [-0.39, 0.29) is 17.7 Å². The van der Waals surface area contributed by atoms with Gasteiger partial charge in [-0.05, 0) is 37.5 Å². The van der Waals surface area contributed by atoms with Crippen molar-refractivity contribution in [2.24, 2.45) is 5.92 Å². The molecule has 26 heavy (non-hydrogen) atoms. The number of thiazole rings is 1. The summed E-state index contributed by atoms with van der Waals surface area (Å²) in [6, 6.07) is 7.65. The third-order valence-electron chi connectivity index (χ3n) is 4.70. The molecule has 0 saturated carbocycles. The molecule has 1 fully saturated rings. The molecule has 7 heteroatoms. The predicted octanol–water partition coefficient (Wildman–Crippen LogP) is 3.69. The number of piperidine rings is 1. The average molecular weight is 369 g/mol. The Morgan fingerprint density at radius 1 is 1.35 bits per heavy atom. The first-order chi connectivity index (χ1) is 12.6. The van der Waals surface area contributed by atoms with Gasteiger partial charge >= 0.3 is 0 Å². The van der Waals surface area contributed by atoms with E-state index in [9.17, 15) is 9.59 Å². The number of carbonyl (C=O) groups is 2. The third-order valence-corrected chi connectivity index (χ3v) is 5.63. The zero-order valence-corrected chi connectivity index (χ0v) is 15.2. The summed E-state index contributed by atoms with van der Waals surface area (Å²) in [5.74, 6) is -0.397. The molecular weight excluding hydrogens is 350 g/mol. The van der Waals surface area contributed by atoms with Crippen molar-refractivity contribution >= 4 is 38.5 Å². The van der Waals surface area contributed by atoms with Gasteiger partial charge in [0.1, 0.15) is 6.26 Å². The van der Waals surface area contributed by atoms with Gasteiger partial charge in [-0.1, -0.05) is 23.5 Å². The van der Waals surface area contributed by atoms with Gasteiger partial charge in [-0.25, -0.2) is 4.98 Å². The highest BCUT2D eigenvalue weighted by Gasteiger charge is 2.29. The first-order valence-electron chi connectivity index (χ1n) is 8.60. The number of nitrogens with one attached hydrogen (secondary N) is 1. The van der Waals surface area contributed by atoms with E-state index in [1.807, 2.05) is 25.1 Å². The maximum atomic E-state index is 12.7. The highest BCUT2D eigenvalue weighted by Crippen LogP contribution is 2.29. The molecule has 0 bridgehead atoms. The largest absolute Gasteiger partial charge is 0.472 e. The van der Waals surface area contributed by atoms with Crippen molar-refractivity contribution in [1.82, 2.24) is 9.88 Å². The topological polar surface area (TPSA) is 75.4 Å². The van der Waals surface area contributed by atoms with Crippen LogP contribution < -0.4 is 5.32 Å². The molecule has 1 saturated heterocycles. The molecule has 4 rings (SSSR count). The number of anilines is 1. The van der Waals surface area contributed by atoms with Crippen LogP contribution >= 0.6 is 11.3 Å². The lowest BCUT2D eigenvalue weighted by molar-refractivity contribution is -0.121. The zero-order chi connectivity index (χ0) is 18.1. The molecule has 2 aromatic heterocycles. The second-order valence-electron chi connectivity index (χ2n) is 6.53. The monoisotopic (exact) mass is 369 g/mol. The summed E-state index contributed by atoms with van der Waals surface area (Å²) in [6.07, 6.45) is 4.50. The van der Waals surface area contributed by atoms with Gasteiger partial charge in [0, 0.05) is 13.1 Å². The molecule has 0 aliphatic carbocycles. The van der Waals surface area contributed by atoms with Crippen LogP contribution in [0.15, 0.2) is 41.2 Å². The normalized spacial score (nSPS) is 17.4. The van der Waals surface area contributed by atoms with E-state index >= 15 is 0 Å². The molecule has 1 atom stereocenters. The van der Waals surface area contributed by atoms with E-state index in [1.165, 1.54) is 23.9 Å². The van der Waals surface area contributed by atoms with E-state index in [1.54, 1.807) is 11.0 Å². The van der Waals surface area contributed by atoms with E-state index in [0.29, 0.717) is 23.8 Å². The summed E-state index contributed by atoms with van der Waals surface area (Å²) in [4.78, 5) is 31.4. The second kappa shape index (κ2) is 6.92. The van der Waals surface area contributed by atoms with E-state index < -0.39 is 0 Å². The van der Waals surface area contributed by atoms with Gasteiger partial charge in [0.05, 0.1) is 28.0 Å². The van der Waals surface area contributed by atoms with Crippen molar-refractivity contribution in [2.75, 3.05) is 18.4 Å². The summed E-state index contributed by atoms with van der Waals surface area (Å²) in [5.41, 5.74) is 2.54. The van der Waals surface area contributed by atoms with E-state index in [2.05, 4.69) is 10.3 Å². The van der Waals surface area contributed by atoms with Crippen LogP contribution in [0.4, 0.5) is 5.13 Å². The summed E-state index contributed by atoms with van der Waals surface area (Å²) < 4.78 is 6.04. The summed E-state index contributed by atoms with van der Waals surface area (Å²) in [6.45, 7) is 3.09. The number of likely N-dealkylation sites (tertiary alicyclic amines) is 1. The number of amides is 2. The molecule has 1 N–H and O–H groups in total. The molecular formula is C19H19N3O3S. The van der Waals surface area contributed by atoms with Crippen molar-refractivity contribution < 1.29 is 14.0 Å². The molecule has 3 aromatic rings. The number of hydrogen-bond donors (Lipinski definition) is 1. The van der Waals surface area contributed by atoms with Gasteiger partial charge in [-0.3, -0.25) is 9.59 Å². The number of aromatic nitrogens is 1. The van der Waals surface area contributed by atoms with Crippen molar-refractivity contribution in [3.63, 3.8) is 0 Å². The smallest absolute Gasteiger partial charge is 0.257 e. The molecule has 6 nitrogen and oxygen atoms in total. The van der Waals surface area contributed by atoms with Crippen LogP contribution in [0.3, 0.4) is 0 Å². The van der Waals surface area contributed by atoms with Crippen molar-refractivity contribution in [1.29, 1.82) is 0 Å². The Hall–Kier alpha value is -2.67. The molecule has 0 radical (unpaired) electrons. The summed E-state index contributed by atoms with van der Waals surface area (Å²) in [7, 11) is 0. The number of carbonyl (C=O) groups excluding carboxylic acids is 2. The van der Waals surface area contributed by atoms with Gasteiger partial charge in [0.15, 0.2) is 5.13 Å². The molecule has 0 unspecified atom stereocenters. The summed E-state index contributed by atoms with van der Waals surface area (Å²) >= 11 is 1.47. The van der Waals surface area contributed by atoms with Crippen LogP contribution in [-0.2, 0) is 4.79 Å². The molecule has 1 aromatic carbocycles. The Balaban J connectivity index is 1.45. The highest BCUT2D eigenvalue weighted by atomic mass is 32.1. The van der Waals surface area contributed by atoms with Crippen LogP contribution in [0, 0.1) is 12.8 Å². The Kier molecular flexibility index (Phi) is 4.46. The third kappa shape index (κ3) is 3.22. The van der Waals surface area contributed by atoms with Crippen LogP contribution in [0.5, 0.6) is 0 Å². The lowest BCUT2D eigenvalue weighted by Gasteiger charge is -2.31. The lowest BCUT2D eigenvalue weighted by atomic mass is 9.97. The van der Waals surface area contributed by atoms with Gasteiger partial charge in [0.25, 0.3) is 5.91 Å². The fourth-order valence-corrected chi connectivity index (χ4v) is 4.24. The first kappa shape index (κ1) is 16.8. The highest BCUT2D eigenvalue weighted by molar-refractivity contribution is 7.22. The Morgan fingerprint density at radius 2 is 2.23 bits per heavy atom. The SMILES string of the molecule is Cc1cccc2sc(NC(=O)[C@H]3CCCN(C(=O)c4ccoc4)C3)nc12. The Labute approximate surface area is 154 Å². The van der Waals surface area contributed by atoms with Crippen molar-refractivity contribution in [3.05, 3.63) is 47.9 Å². The van der Waals surface area contributed by atoms with Crippen molar-refractivity contribution in [2.45, 2.75) is 19.8 Å². The number of para-hydroxylation sites is 1. The quantitative estimate of drug-likeness (QED) is 0.764. The van der Waals surface area contributed by atoms with Gasteiger partial charge < -0.3 is 14.6 Å². The van der Waals surface area contributed by atoms with Crippen LogP contribution in [0.1, 0.15) is 28.8 Å². The number of aryl methyl sites for hydroxylation is 1. The first-order valence-corrected chi connectivity index (χ1v) is 9.42. The summed E-state index contributed by atoms with van der Waals surface area (Å²) in [5, 5.41) is 3.54. The van der Waals surface area contributed by atoms with Crippen LogP contribution in [0.25, 0.3) is 10.2 Å². The standard InChI is InChI=1S/C19H19N3O3S/c1-12-4-2-6-15-16(12)20-19(26-15)21-17(23)13-5-3-8-22(10-13)18(24)14-7-9-25-11-14/h2,4,6-7,9,11,13H,3,5,8,10H2,1H3,(H,20,21,23)/t13-/m0/s1. The van der Waals surface area contributed by atoms with Gasteiger partial charge in [-0.15, -0.1) is 0 Å². The molecule has 2 amide bonds. The van der Waals surface area contributed by atoms with Crippen LogP contribution in [0.2, 0.25) is 0 Å². The predicted molar refractivity (Wildman–Crippen MR) is 100 cm³/mol. The molecule has 1 aliphatic heterocycles.